The summed E-state index contributed by atoms with van der Waals surface area (Å²) in [7, 11) is 0. The summed E-state index contributed by atoms with van der Waals surface area (Å²) >= 11 is 0. The summed E-state index contributed by atoms with van der Waals surface area (Å²) in [6, 6.07) is 31.4. The Labute approximate surface area is 174 Å². The lowest BCUT2D eigenvalue weighted by Gasteiger charge is -2.07. The van der Waals surface area contributed by atoms with Gasteiger partial charge in [-0.25, -0.2) is 4.98 Å². The van der Waals surface area contributed by atoms with E-state index < -0.39 is 0 Å². The van der Waals surface area contributed by atoms with Gasteiger partial charge < -0.3 is 9.72 Å². The molecule has 2 aromatic heterocycles. The molecule has 0 fully saturated rings. The molecule has 0 aliphatic rings. The predicted octanol–water partition coefficient (Wildman–Crippen LogP) is 5.92. The maximum atomic E-state index is 12.6. The molecule has 5 rings (SSSR count). The molecule has 4 nitrogen and oxygen atoms in total. The van der Waals surface area contributed by atoms with Crippen molar-refractivity contribution in [3.8, 4) is 22.4 Å². The van der Waals surface area contributed by atoms with Crippen molar-refractivity contribution in [1.82, 2.24) is 9.38 Å². The number of nitrogens with one attached hydrogen (secondary N) is 1. The number of nitrogens with zero attached hydrogens (tertiary/aromatic N) is 2. The summed E-state index contributed by atoms with van der Waals surface area (Å²) in [6.45, 7) is 0. The van der Waals surface area contributed by atoms with E-state index in [0.717, 1.165) is 33.7 Å². The van der Waals surface area contributed by atoms with Crippen LogP contribution in [0, 0.1) is 0 Å². The van der Waals surface area contributed by atoms with Gasteiger partial charge in [0.15, 0.2) is 0 Å². The quantitative estimate of drug-likeness (QED) is 0.415. The fraction of sp³-hybridized carbons (Fsp3) is 0. The highest BCUT2D eigenvalue weighted by molar-refractivity contribution is 6.04. The van der Waals surface area contributed by atoms with E-state index >= 15 is 0 Å². The first-order valence-corrected chi connectivity index (χ1v) is 9.77. The first kappa shape index (κ1) is 17.9. The number of amides is 1. The number of carbonyl (C=O) groups excluding carboxylic acids is 1. The summed E-state index contributed by atoms with van der Waals surface area (Å²) in [4.78, 5) is 17.2. The van der Waals surface area contributed by atoms with Gasteiger partial charge >= 0.3 is 0 Å². The SMILES string of the molecule is O=C(Nc1ccc(-c2cn3ccccc3n2)cc1)c1ccc(-c2ccccc2)cc1. The molecule has 0 unspecified atom stereocenters. The molecule has 30 heavy (non-hydrogen) atoms. The monoisotopic (exact) mass is 389 g/mol. The average molecular weight is 389 g/mol. The van der Waals surface area contributed by atoms with Crippen LogP contribution in [-0.2, 0) is 0 Å². The van der Waals surface area contributed by atoms with Crippen LogP contribution in [0.3, 0.4) is 0 Å². The summed E-state index contributed by atoms with van der Waals surface area (Å²) in [6.07, 6.45) is 3.97. The van der Waals surface area contributed by atoms with Crippen molar-refractivity contribution in [2.24, 2.45) is 0 Å². The molecule has 0 atom stereocenters. The van der Waals surface area contributed by atoms with Gasteiger partial charge in [0.25, 0.3) is 5.91 Å². The van der Waals surface area contributed by atoms with E-state index in [2.05, 4.69) is 22.4 Å². The van der Waals surface area contributed by atoms with Gasteiger partial charge in [0.2, 0.25) is 0 Å². The normalized spacial score (nSPS) is 10.8. The molecule has 5 aromatic rings. The van der Waals surface area contributed by atoms with E-state index in [1.54, 1.807) is 0 Å². The number of aromatic nitrogens is 2. The second kappa shape index (κ2) is 7.68. The van der Waals surface area contributed by atoms with Crippen LogP contribution in [0.25, 0.3) is 28.0 Å². The Morgan fingerprint density at radius 3 is 2.10 bits per heavy atom. The number of anilines is 1. The standard InChI is InChI=1S/C26H19N3O/c30-26(22-11-9-20(10-12-22)19-6-2-1-3-7-19)27-23-15-13-21(14-16-23)24-18-29-17-5-4-8-25(29)28-24/h1-18H,(H,27,30). The number of imidazole rings is 1. The largest absolute Gasteiger partial charge is 0.322 e. The van der Waals surface area contributed by atoms with E-state index in [4.69, 9.17) is 0 Å². The first-order chi connectivity index (χ1) is 14.8. The average Bonchev–Trinajstić information content (AvgIpc) is 3.25. The van der Waals surface area contributed by atoms with Gasteiger partial charge in [-0.1, -0.05) is 60.7 Å². The Balaban J connectivity index is 1.30. The molecule has 4 heteroatoms. The van der Waals surface area contributed by atoms with Crippen molar-refractivity contribution in [1.29, 1.82) is 0 Å². The van der Waals surface area contributed by atoms with Crippen molar-refractivity contribution in [2.75, 3.05) is 5.32 Å². The second-order valence-electron chi connectivity index (χ2n) is 7.07. The molecular weight excluding hydrogens is 370 g/mol. The molecule has 1 N–H and O–H groups in total. The molecule has 2 heterocycles. The minimum atomic E-state index is -0.130. The predicted molar refractivity (Wildman–Crippen MR) is 120 cm³/mol. The Kier molecular flexibility index (Phi) is 4.58. The van der Waals surface area contributed by atoms with Crippen LogP contribution in [0.15, 0.2) is 109 Å². The lowest BCUT2D eigenvalue weighted by Crippen LogP contribution is -2.11. The Morgan fingerprint density at radius 1 is 0.700 bits per heavy atom. The van der Waals surface area contributed by atoms with E-state index in [1.807, 2.05) is 102 Å². The zero-order valence-corrected chi connectivity index (χ0v) is 16.2. The molecule has 1 amide bonds. The van der Waals surface area contributed by atoms with Crippen molar-refractivity contribution in [3.63, 3.8) is 0 Å². The molecule has 0 saturated carbocycles. The van der Waals surface area contributed by atoms with E-state index in [0.29, 0.717) is 5.56 Å². The first-order valence-electron chi connectivity index (χ1n) is 9.77. The third kappa shape index (κ3) is 3.59. The van der Waals surface area contributed by atoms with Crippen LogP contribution in [-0.4, -0.2) is 15.3 Å². The van der Waals surface area contributed by atoms with Crippen LogP contribution < -0.4 is 5.32 Å². The molecule has 0 aliphatic carbocycles. The third-order valence-electron chi connectivity index (χ3n) is 5.06. The molecule has 0 radical (unpaired) electrons. The van der Waals surface area contributed by atoms with Crippen molar-refractivity contribution < 1.29 is 4.79 Å². The molecule has 0 spiro atoms. The van der Waals surface area contributed by atoms with Crippen molar-refractivity contribution >= 4 is 17.2 Å². The number of rotatable bonds is 4. The van der Waals surface area contributed by atoms with Crippen LogP contribution in [0.4, 0.5) is 5.69 Å². The van der Waals surface area contributed by atoms with Gasteiger partial charge in [0.05, 0.1) is 5.69 Å². The molecule has 0 bridgehead atoms. The minimum Gasteiger partial charge on any atom is -0.322 e. The summed E-state index contributed by atoms with van der Waals surface area (Å²) in [5.41, 5.74) is 6.40. The fourth-order valence-electron chi connectivity index (χ4n) is 3.45. The minimum absolute atomic E-state index is 0.130. The van der Waals surface area contributed by atoms with Crippen LogP contribution in [0.5, 0.6) is 0 Å². The Morgan fingerprint density at radius 2 is 1.37 bits per heavy atom. The molecule has 0 aliphatic heterocycles. The van der Waals surface area contributed by atoms with E-state index in [1.165, 1.54) is 0 Å². The van der Waals surface area contributed by atoms with E-state index in [9.17, 15) is 4.79 Å². The second-order valence-corrected chi connectivity index (χ2v) is 7.07. The number of carbonyl (C=O) groups is 1. The van der Waals surface area contributed by atoms with Gasteiger partial charge in [0, 0.05) is 29.2 Å². The fourth-order valence-corrected chi connectivity index (χ4v) is 3.45. The van der Waals surface area contributed by atoms with Crippen LogP contribution >= 0.6 is 0 Å². The Hall–Kier alpha value is -4.18. The number of benzene rings is 3. The maximum absolute atomic E-state index is 12.6. The highest BCUT2D eigenvalue weighted by Crippen LogP contribution is 2.23. The number of hydrogen-bond acceptors (Lipinski definition) is 2. The van der Waals surface area contributed by atoms with Crippen molar-refractivity contribution in [2.45, 2.75) is 0 Å². The molecule has 0 saturated heterocycles. The van der Waals surface area contributed by atoms with Gasteiger partial charge in [-0.3, -0.25) is 4.79 Å². The van der Waals surface area contributed by atoms with Gasteiger partial charge in [-0.2, -0.15) is 0 Å². The number of fused-ring (bicyclic) bond motifs is 1. The number of hydrogen-bond donors (Lipinski definition) is 1. The van der Waals surface area contributed by atoms with Crippen LogP contribution in [0.1, 0.15) is 10.4 Å². The highest BCUT2D eigenvalue weighted by atomic mass is 16.1. The van der Waals surface area contributed by atoms with Gasteiger partial charge in [0.1, 0.15) is 5.65 Å². The zero-order valence-electron chi connectivity index (χ0n) is 16.2. The smallest absolute Gasteiger partial charge is 0.255 e. The topological polar surface area (TPSA) is 46.4 Å². The zero-order chi connectivity index (χ0) is 20.3. The lowest BCUT2D eigenvalue weighted by atomic mass is 10.0. The third-order valence-corrected chi connectivity index (χ3v) is 5.06. The van der Waals surface area contributed by atoms with E-state index in [-0.39, 0.29) is 5.91 Å². The summed E-state index contributed by atoms with van der Waals surface area (Å²) in [5, 5.41) is 2.96. The summed E-state index contributed by atoms with van der Waals surface area (Å²) < 4.78 is 1.99. The van der Waals surface area contributed by atoms with Gasteiger partial charge in [-0.15, -0.1) is 0 Å². The van der Waals surface area contributed by atoms with Gasteiger partial charge in [-0.05, 0) is 47.5 Å². The highest BCUT2D eigenvalue weighted by Gasteiger charge is 2.08. The maximum Gasteiger partial charge on any atom is 0.255 e. The lowest BCUT2D eigenvalue weighted by molar-refractivity contribution is 0.102. The Bertz CT molecular complexity index is 1270. The molecule has 3 aromatic carbocycles. The summed E-state index contributed by atoms with van der Waals surface area (Å²) in [5.74, 6) is -0.130. The van der Waals surface area contributed by atoms with Crippen molar-refractivity contribution in [3.05, 3.63) is 115 Å². The molecule has 144 valence electrons. The molecular formula is C26H19N3O. The number of pyridine rings is 1. The van der Waals surface area contributed by atoms with Crippen LogP contribution in [0.2, 0.25) is 0 Å².